The molecule has 1 heterocycles. The van der Waals surface area contributed by atoms with Crippen molar-refractivity contribution in [1.29, 1.82) is 0 Å². The maximum Gasteiger partial charge on any atom is 0.265 e. The molecule has 0 aliphatic heterocycles. The minimum atomic E-state index is -0.618. The molecule has 1 aromatic heterocycles. The van der Waals surface area contributed by atoms with E-state index in [1.807, 2.05) is 0 Å². The summed E-state index contributed by atoms with van der Waals surface area (Å²) in [7, 11) is 0. The molecule has 0 bridgehead atoms. The Bertz CT molecular complexity index is 655. The number of amides is 2. The van der Waals surface area contributed by atoms with Crippen LogP contribution in [0, 0.1) is 0 Å². The highest BCUT2D eigenvalue weighted by atomic mass is 35.5. The topological polar surface area (TPSA) is 72.2 Å². The average Bonchev–Trinajstić information content (AvgIpc) is 2.75. The SMILES string of the molecule is NC(=O)c1ccc(NC(=O)c2ccc(Cl)s2)cc1Cl. The molecule has 2 amide bonds. The van der Waals surface area contributed by atoms with Crippen LogP contribution in [0.25, 0.3) is 0 Å². The molecule has 7 heteroatoms. The van der Waals surface area contributed by atoms with E-state index in [-0.39, 0.29) is 16.5 Å². The van der Waals surface area contributed by atoms with Gasteiger partial charge in [0.05, 0.1) is 19.8 Å². The summed E-state index contributed by atoms with van der Waals surface area (Å²) in [4.78, 5) is 23.4. The number of carbonyl (C=O) groups excluding carboxylic acids is 2. The molecule has 0 radical (unpaired) electrons. The number of carbonyl (C=O) groups is 2. The number of hydrogen-bond donors (Lipinski definition) is 2. The first-order valence-corrected chi connectivity index (χ1v) is 6.70. The lowest BCUT2D eigenvalue weighted by atomic mass is 10.2. The van der Waals surface area contributed by atoms with Crippen LogP contribution in [0.4, 0.5) is 5.69 Å². The molecule has 0 atom stereocenters. The van der Waals surface area contributed by atoms with Gasteiger partial charge in [0, 0.05) is 5.69 Å². The molecule has 3 N–H and O–H groups in total. The van der Waals surface area contributed by atoms with Gasteiger partial charge < -0.3 is 11.1 Å². The lowest BCUT2D eigenvalue weighted by Gasteiger charge is -2.06. The fourth-order valence-corrected chi connectivity index (χ4v) is 2.63. The van der Waals surface area contributed by atoms with Gasteiger partial charge in [0.1, 0.15) is 0 Å². The van der Waals surface area contributed by atoms with Crippen molar-refractivity contribution in [3.05, 3.63) is 50.1 Å². The van der Waals surface area contributed by atoms with E-state index in [9.17, 15) is 9.59 Å². The quantitative estimate of drug-likeness (QED) is 0.911. The Morgan fingerprint density at radius 1 is 1.16 bits per heavy atom. The summed E-state index contributed by atoms with van der Waals surface area (Å²) in [5.74, 6) is -0.910. The highest BCUT2D eigenvalue weighted by molar-refractivity contribution is 7.18. The molecular formula is C12H8Cl2N2O2S. The van der Waals surface area contributed by atoms with Crippen LogP contribution in [0.3, 0.4) is 0 Å². The van der Waals surface area contributed by atoms with Crippen LogP contribution >= 0.6 is 34.5 Å². The Morgan fingerprint density at radius 2 is 1.89 bits per heavy atom. The molecule has 4 nitrogen and oxygen atoms in total. The van der Waals surface area contributed by atoms with E-state index in [2.05, 4.69) is 5.32 Å². The summed E-state index contributed by atoms with van der Waals surface area (Å²) < 4.78 is 0.534. The summed E-state index contributed by atoms with van der Waals surface area (Å²) in [6.45, 7) is 0. The number of thiophene rings is 1. The summed E-state index contributed by atoms with van der Waals surface area (Å²) in [6, 6.07) is 7.75. The highest BCUT2D eigenvalue weighted by Crippen LogP contribution is 2.24. The van der Waals surface area contributed by atoms with Gasteiger partial charge in [-0.1, -0.05) is 23.2 Å². The maximum absolute atomic E-state index is 11.9. The van der Waals surface area contributed by atoms with E-state index in [4.69, 9.17) is 28.9 Å². The zero-order valence-electron chi connectivity index (χ0n) is 9.44. The van der Waals surface area contributed by atoms with Crippen molar-refractivity contribution in [3.63, 3.8) is 0 Å². The molecule has 0 fully saturated rings. The number of rotatable bonds is 3. The Morgan fingerprint density at radius 3 is 2.42 bits per heavy atom. The number of halogens is 2. The van der Waals surface area contributed by atoms with Crippen molar-refractivity contribution in [2.24, 2.45) is 5.73 Å². The van der Waals surface area contributed by atoms with Gasteiger partial charge in [-0.05, 0) is 30.3 Å². The van der Waals surface area contributed by atoms with E-state index in [0.717, 1.165) is 0 Å². The Balaban J connectivity index is 2.18. The van der Waals surface area contributed by atoms with E-state index in [0.29, 0.717) is 14.9 Å². The lowest BCUT2D eigenvalue weighted by Crippen LogP contribution is -2.13. The maximum atomic E-state index is 11.9. The van der Waals surface area contributed by atoms with Crippen molar-refractivity contribution in [2.75, 3.05) is 5.32 Å². The molecule has 19 heavy (non-hydrogen) atoms. The molecule has 98 valence electrons. The second-order valence-corrected chi connectivity index (χ2v) is 5.74. The van der Waals surface area contributed by atoms with E-state index in [1.165, 1.54) is 23.5 Å². The zero-order valence-corrected chi connectivity index (χ0v) is 11.8. The number of nitrogens with one attached hydrogen (secondary N) is 1. The van der Waals surface area contributed by atoms with Crippen molar-refractivity contribution in [3.8, 4) is 0 Å². The third-order valence-electron chi connectivity index (χ3n) is 2.29. The van der Waals surface area contributed by atoms with Crippen molar-refractivity contribution in [1.82, 2.24) is 0 Å². The van der Waals surface area contributed by atoms with Crippen LogP contribution < -0.4 is 11.1 Å². The second-order valence-electron chi connectivity index (χ2n) is 3.62. The summed E-state index contributed by atoms with van der Waals surface area (Å²) in [5, 5.41) is 2.84. The number of anilines is 1. The Labute approximate surface area is 123 Å². The van der Waals surface area contributed by atoms with Gasteiger partial charge in [-0.3, -0.25) is 9.59 Å². The van der Waals surface area contributed by atoms with Crippen molar-refractivity contribution >= 4 is 52.0 Å². The number of benzene rings is 1. The minimum Gasteiger partial charge on any atom is -0.366 e. The molecule has 0 unspecified atom stereocenters. The number of nitrogens with two attached hydrogens (primary N) is 1. The second kappa shape index (κ2) is 5.61. The zero-order chi connectivity index (χ0) is 14.0. The summed E-state index contributed by atoms with van der Waals surface area (Å²) >= 11 is 12.8. The third-order valence-corrected chi connectivity index (χ3v) is 3.83. The summed E-state index contributed by atoms with van der Waals surface area (Å²) in [6.07, 6.45) is 0. The molecule has 2 rings (SSSR count). The molecular weight excluding hydrogens is 307 g/mol. The van der Waals surface area contributed by atoms with Crippen LogP contribution in [0.5, 0.6) is 0 Å². The van der Waals surface area contributed by atoms with E-state index < -0.39 is 5.91 Å². The fourth-order valence-electron chi connectivity index (χ4n) is 1.42. The summed E-state index contributed by atoms with van der Waals surface area (Å²) in [5.41, 5.74) is 5.82. The van der Waals surface area contributed by atoms with E-state index in [1.54, 1.807) is 18.2 Å². The molecule has 1 aromatic carbocycles. The van der Waals surface area contributed by atoms with E-state index >= 15 is 0 Å². The van der Waals surface area contributed by atoms with Gasteiger partial charge in [-0.15, -0.1) is 11.3 Å². The van der Waals surface area contributed by atoms with Crippen LogP contribution in [-0.2, 0) is 0 Å². The number of primary amides is 1. The average molecular weight is 315 g/mol. The standard InChI is InChI=1S/C12H8Cl2N2O2S/c13-8-5-6(1-2-7(8)11(15)17)16-12(18)9-3-4-10(14)19-9/h1-5H,(H2,15,17)(H,16,18). The third kappa shape index (κ3) is 3.26. The van der Waals surface area contributed by atoms with Gasteiger partial charge in [0.25, 0.3) is 5.91 Å². The first-order valence-electron chi connectivity index (χ1n) is 5.13. The van der Waals surface area contributed by atoms with Crippen molar-refractivity contribution in [2.45, 2.75) is 0 Å². The van der Waals surface area contributed by atoms with Gasteiger partial charge >= 0.3 is 0 Å². The van der Waals surface area contributed by atoms with Gasteiger partial charge in [0.15, 0.2) is 0 Å². The first kappa shape index (κ1) is 13.9. The first-order chi connectivity index (χ1) is 8.97. The van der Waals surface area contributed by atoms with Crippen LogP contribution in [0.1, 0.15) is 20.0 Å². The van der Waals surface area contributed by atoms with Gasteiger partial charge in [0.2, 0.25) is 5.91 Å². The molecule has 0 saturated carbocycles. The molecule has 0 saturated heterocycles. The number of hydrogen-bond acceptors (Lipinski definition) is 3. The fraction of sp³-hybridized carbons (Fsp3) is 0. The lowest BCUT2D eigenvalue weighted by molar-refractivity contribution is 0.0998. The Hall–Kier alpha value is -1.56. The van der Waals surface area contributed by atoms with Crippen LogP contribution in [0.15, 0.2) is 30.3 Å². The van der Waals surface area contributed by atoms with Crippen LogP contribution in [-0.4, -0.2) is 11.8 Å². The predicted molar refractivity (Wildman–Crippen MR) is 77.3 cm³/mol. The molecule has 0 spiro atoms. The van der Waals surface area contributed by atoms with Gasteiger partial charge in [-0.25, -0.2) is 0 Å². The Kier molecular flexibility index (Phi) is 4.09. The predicted octanol–water partition coefficient (Wildman–Crippen LogP) is 3.41. The molecule has 2 aromatic rings. The smallest absolute Gasteiger partial charge is 0.265 e. The molecule has 0 aliphatic carbocycles. The molecule has 0 aliphatic rings. The van der Waals surface area contributed by atoms with Crippen molar-refractivity contribution < 1.29 is 9.59 Å². The largest absolute Gasteiger partial charge is 0.366 e. The monoisotopic (exact) mass is 314 g/mol. The normalized spacial score (nSPS) is 10.2. The highest BCUT2D eigenvalue weighted by Gasteiger charge is 2.11. The van der Waals surface area contributed by atoms with Crippen LogP contribution in [0.2, 0.25) is 9.36 Å². The van der Waals surface area contributed by atoms with Gasteiger partial charge in [-0.2, -0.15) is 0 Å². The minimum absolute atomic E-state index is 0.189.